The Hall–Kier alpha value is -0.570. The molecule has 0 saturated heterocycles. The molecule has 0 aromatic carbocycles. The van der Waals surface area contributed by atoms with Gasteiger partial charge in [0.15, 0.2) is 0 Å². The van der Waals surface area contributed by atoms with Crippen LogP contribution in [0.25, 0.3) is 0 Å². The predicted octanol–water partition coefficient (Wildman–Crippen LogP) is 3.30. The van der Waals surface area contributed by atoms with Crippen molar-refractivity contribution in [3.63, 3.8) is 0 Å². The topological polar surface area (TPSA) is 46.5 Å². The van der Waals surface area contributed by atoms with Gasteiger partial charge in [-0.25, -0.2) is 0 Å². The van der Waals surface area contributed by atoms with E-state index in [1.807, 2.05) is 6.92 Å². The number of aliphatic hydroxyl groups is 1. The maximum atomic E-state index is 11.8. The number of esters is 1. The molecule has 0 atom stereocenters. The van der Waals surface area contributed by atoms with E-state index in [1.165, 1.54) is 25.7 Å². The first kappa shape index (κ1) is 14.8. The normalized spacial score (nSPS) is 35.9. The third-order valence-electron chi connectivity index (χ3n) is 4.96. The summed E-state index contributed by atoms with van der Waals surface area (Å²) < 4.78 is 5.25. The molecule has 2 saturated carbocycles. The molecule has 2 aliphatic rings. The van der Waals surface area contributed by atoms with Gasteiger partial charge in [0.1, 0.15) is 0 Å². The van der Waals surface area contributed by atoms with Gasteiger partial charge in [0.2, 0.25) is 0 Å². The number of hydrogen-bond acceptors (Lipinski definition) is 3. The highest BCUT2D eigenvalue weighted by Crippen LogP contribution is 2.40. The zero-order chi connectivity index (χ0) is 13.7. The quantitative estimate of drug-likeness (QED) is 0.796. The molecule has 0 bridgehead atoms. The van der Waals surface area contributed by atoms with Crippen LogP contribution < -0.4 is 0 Å². The molecule has 110 valence electrons. The number of carbonyl (C=O) groups is 1. The molecule has 0 aliphatic heterocycles. The summed E-state index contributed by atoms with van der Waals surface area (Å²) in [6.07, 6.45) is 9.51. The molecule has 0 spiro atoms. The zero-order valence-electron chi connectivity index (χ0n) is 12.1. The van der Waals surface area contributed by atoms with Crippen LogP contribution in [-0.2, 0) is 9.53 Å². The Morgan fingerprint density at radius 2 is 1.53 bits per heavy atom. The molecular formula is C16H28O3. The maximum absolute atomic E-state index is 11.8. The summed E-state index contributed by atoms with van der Waals surface area (Å²) in [7, 11) is 0. The van der Waals surface area contributed by atoms with Crippen LogP contribution in [0.2, 0.25) is 0 Å². The van der Waals surface area contributed by atoms with Crippen molar-refractivity contribution in [1.82, 2.24) is 0 Å². The number of aliphatic hydroxyl groups excluding tert-OH is 1. The molecule has 0 amide bonds. The molecule has 0 heterocycles. The molecule has 2 fully saturated rings. The lowest BCUT2D eigenvalue weighted by Gasteiger charge is -2.36. The fraction of sp³-hybridized carbons (Fsp3) is 0.938. The van der Waals surface area contributed by atoms with Gasteiger partial charge in [0.25, 0.3) is 0 Å². The van der Waals surface area contributed by atoms with Crippen molar-refractivity contribution in [3.8, 4) is 0 Å². The van der Waals surface area contributed by atoms with E-state index in [-0.39, 0.29) is 18.0 Å². The average molecular weight is 268 g/mol. The van der Waals surface area contributed by atoms with Gasteiger partial charge >= 0.3 is 5.97 Å². The van der Waals surface area contributed by atoms with Crippen molar-refractivity contribution in [2.75, 3.05) is 6.61 Å². The van der Waals surface area contributed by atoms with Crippen LogP contribution in [0.4, 0.5) is 0 Å². The first-order valence-electron chi connectivity index (χ1n) is 8.05. The van der Waals surface area contributed by atoms with Crippen molar-refractivity contribution >= 4 is 5.97 Å². The summed E-state index contributed by atoms with van der Waals surface area (Å²) in [5.74, 6) is 1.75. The van der Waals surface area contributed by atoms with Crippen molar-refractivity contribution in [3.05, 3.63) is 0 Å². The first-order chi connectivity index (χ1) is 9.20. The van der Waals surface area contributed by atoms with E-state index in [4.69, 9.17) is 4.74 Å². The third kappa shape index (κ3) is 4.20. The van der Waals surface area contributed by atoms with Crippen LogP contribution in [-0.4, -0.2) is 23.8 Å². The van der Waals surface area contributed by atoms with E-state index in [2.05, 4.69) is 0 Å². The van der Waals surface area contributed by atoms with Crippen LogP contribution in [0.5, 0.6) is 0 Å². The smallest absolute Gasteiger partial charge is 0.308 e. The Balaban J connectivity index is 1.71. The second kappa shape index (κ2) is 7.28. The Morgan fingerprint density at radius 3 is 2.05 bits per heavy atom. The lowest BCUT2D eigenvalue weighted by Crippen LogP contribution is -2.30. The van der Waals surface area contributed by atoms with Crippen LogP contribution in [0.3, 0.4) is 0 Å². The largest absolute Gasteiger partial charge is 0.465 e. The van der Waals surface area contributed by atoms with Crippen molar-refractivity contribution in [2.45, 2.75) is 70.8 Å². The highest BCUT2D eigenvalue weighted by atomic mass is 16.5. The summed E-state index contributed by atoms with van der Waals surface area (Å²) in [4.78, 5) is 11.8. The van der Waals surface area contributed by atoms with E-state index < -0.39 is 0 Å². The van der Waals surface area contributed by atoms with Crippen molar-refractivity contribution in [2.24, 2.45) is 17.8 Å². The third-order valence-corrected chi connectivity index (χ3v) is 4.96. The molecule has 3 heteroatoms. The summed E-state index contributed by atoms with van der Waals surface area (Å²) in [5.41, 5.74) is 0. The molecule has 0 aromatic heterocycles. The van der Waals surface area contributed by atoms with Crippen molar-refractivity contribution < 1.29 is 14.6 Å². The standard InChI is InChI=1S/C16H28O3/c1-2-11-19-16(18)14-5-3-12(4-6-14)13-7-9-15(17)10-8-13/h12-15,17H,2-11H2,1H3. The number of ether oxygens (including phenoxy) is 1. The van der Waals surface area contributed by atoms with E-state index in [9.17, 15) is 9.90 Å². The lowest BCUT2D eigenvalue weighted by atomic mass is 9.70. The first-order valence-corrected chi connectivity index (χ1v) is 8.05. The molecule has 19 heavy (non-hydrogen) atoms. The van der Waals surface area contributed by atoms with E-state index in [0.29, 0.717) is 6.61 Å². The van der Waals surface area contributed by atoms with Gasteiger partial charge in [-0.3, -0.25) is 4.79 Å². The predicted molar refractivity (Wildman–Crippen MR) is 74.7 cm³/mol. The van der Waals surface area contributed by atoms with Gasteiger partial charge in [-0.1, -0.05) is 6.92 Å². The Morgan fingerprint density at radius 1 is 1.00 bits per heavy atom. The SMILES string of the molecule is CCCOC(=O)C1CCC(C2CCC(O)CC2)CC1. The van der Waals surface area contributed by atoms with E-state index in [1.54, 1.807) is 0 Å². The van der Waals surface area contributed by atoms with Gasteiger partial charge in [0, 0.05) is 0 Å². The summed E-state index contributed by atoms with van der Waals surface area (Å²) >= 11 is 0. The van der Waals surface area contributed by atoms with Crippen LogP contribution >= 0.6 is 0 Å². The molecule has 2 aliphatic carbocycles. The van der Waals surface area contributed by atoms with E-state index in [0.717, 1.165) is 43.9 Å². The fourth-order valence-corrected chi connectivity index (χ4v) is 3.72. The average Bonchev–Trinajstić information content (AvgIpc) is 2.46. The Kier molecular flexibility index (Phi) is 5.68. The molecule has 0 aromatic rings. The second-order valence-corrected chi connectivity index (χ2v) is 6.35. The zero-order valence-corrected chi connectivity index (χ0v) is 12.1. The van der Waals surface area contributed by atoms with Crippen LogP contribution in [0.15, 0.2) is 0 Å². The highest BCUT2D eigenvalue weighted by Gasteiger charge is 2.32. The molecule has 2 rings (SSSR count). The minimum Gasteiger partial charge on any atom is -0.465 e. The summed E-state index contributed by atoms with van der Waals surface area (Å²) in [5, 5.41) is 9.56. The minimum absolute atomic E-state index is 0.0272. The van der Waals surface area contributed by atoms with Gasteiger partial charge in [-0.2, -0.15) is 0 Å². The van der Waals surface area contributed by atoms with E-state index >= 15 is 0 Å². The van der Waals surface area contributed by atoms with Crippen LogP contribution in [0, 0.1) is 17.8 Å². The fourth-order valence-electron chi connectivity index (χ4n) is 3.72. The van der Waals surface area contributed by atoms with Gasteiger partial charge in [-0.15, -0.1) is 0 Å². The Bertz CT molecular complexity index is 274. The minimum atomic E-state index is -0.0587. The monoisotopic (exact) mass is 268 g/mol. The Labute approximate surface area is 116 Å². The van der Waals surface area contributed by atoms with Gasteiger partial charge in [-0.05, 0) is 69.6 Å². The number of rotatable bonds is 4. The summed E-state index contributed by atoms with van der Waals surface area (Å²) in [6, 6.07) is 0. The van der Waals surface area contributed by atoms with Crippen molar-refractivity contribution in [1.29, 1.82) is 0 Å². The number of hydrogen-bond donors (Lipinski definition) is 1. The lowest BCUT2D eigenvalue weighted by molar-refractivity contribution is -0.150. The second-order valence-electron chi connectivity index (χ2n) is 6.35. The van der Waals surface area contributed by atoms with Gasteiger partial charge in [0.05, 0.1) is 18.6 Å². The maximum Gasteiger partial charge on any atom is 0.308 e. The highest BCUT2D eigenvalue weighted by molar-refractivity contribution is 5.72. The molecule has 1 N–H and O–H groups in total. The molecular weight excluding hydrogens is 240 g/mol. The number of carbonyl (C=O) groups excluding carboxylic acids is 1. The van der Waals surface area contributed by atoms with Gasteiger partial charge < -0.3 is 9.84 Å². The summed E-state index contributed by atoms with van der Waals surface area (Å²) in [6.45, 7) is 2.60. The molecule has 0 radical (unpaired) electrons. The van der Waals surface area contributed by atoms with Crippen LogP contribution in [0.1, 0.15) is 64.7 Å². The molecule has 3 nitrogen and oxygen atoms in total. The molecule has 0 unspecified atom stereocenters.